The lowest BCUT2D eigenvalue weighted by atomic mass is 10.1. The average molecular weight is 292 g/mol. The SMILES string of the molecule is N#Cc1ccc(OCCc2ccncc2)c(C(F)(F)F)c1. The molecule has 2 rings (SSSR count). The molecule has 0 saturated carbocycles. The molecule has 0 bridgehead atoms. The molecule has 0 unspecified atom stereocenters. The van der Waals surface area contributed by atoms with Gasteiger partial charge in [0.05, 0.1) is 23.8 Å². The van der Waals surface area contributed by atoms with Crippen LogP contribution in [0.25, 0.3) is 0 Å². The fraction of sp³-hybridized carbons (Fsp3) is 0.200. The summed E-state index contributed by atoms with van der Waals surface area (Å²) in [5.41, 5.74) is -0.0627. The zero-order valence-corrected chi connectivity index (χ0v) is 10.9. The smallest absolute Gasteiger partial charge is 0.420 e. The Morgan fingerprint density at radius 3 is 2.48 bits per heavy atom. The lowest BCUT2D eigenvalue weighted by Gasteiger charge is -2.14. The number of ether oxygens (including phenoxy) is 1. The van der Waals surface area contributed by atoms with Crippen LogP contribution in [-0.4, -0.2) is 11.6 Å². The molecule has 1 aromatic heterocycles. The van der Waals surface area contributed by atoms with Crippen LogP contribution in [0.1, 0.15) is 16.7 Å². The van der Waals surface area contributed by atoms with Gasteiger partial charge in [-0.2, -0.15) is 18.4 Å². The molecule has 0 N–H and O–H groups in total. The summed E-state index contributed by atoms with van der Waals surface area (Å²) in [4.78, 5) is 3.86. The average Bonchev–Trinajstić information content (AvgIpc) is 2.47. The number of halogens is 3. The van der Waals surface area contributed by atoms with Crippen molar-refractivity contribution < 1.29 is 17.9 Å². The number of benzene rings is 1. The van der Waals surface area contributed by atoms with Gasteiger partial charge in [0.15, 0.2) is 0 Å². The standard InChI is InChI=1S/C15H11F3N2O/c16-15(17,18)13-9-12(10-19)1-2-14(13)21-8-5-11-3-6-20-7-4-11/h1-4,6-7,9H,5,8H2. The number of nitriles is 1. The molecule has 1 heterocycles. The summed E-state index contributed by atoms with van der Waals surface area (Å²) in [6, 6.07) is 8.50. The van der Waals surface area contributed by atoms with Crippen LogP contribution in [0, 0.1) is 11.3 Å². The molecule has 0 aliphatic rings. The van der Waals surface area contributed by atoms with Crippen LogP contribution < -0.4 is 4.74 Å². The van der Waals surface area contributed by atoms with Gasteiger partial charge in [-0.05, 0) is 35.9 Å². The maximum atomic E-state index is 12.9. The number of pyridine rings is 1. The van der Waals surface area contributed by atoms with E-state index >= 15 is 0 Å². The van der Waals surface area contributed by atoms with Crippen molar-refractivity contribution in [3.8, 4) is 11.8 Å². The lowest BCUT2D eigenvalue weighted by Crippen LogP contribution is -2.10. The minimum absolute atomic E-state index is 0.0520. The highest BCUT2D eigenvalue weighted by Gasteiger charge is 2.34. The summed E-state index contributed by atoms with van der Waals surface area (Å²) in [5, 5.41) is 8.68. The first kappa shape index (κ1) is 14.9. The van der Waals surface area contributed by atoms with Crippen LogP contribution in [-0.2, 0) is 12.6 Å². The predicted molar refractivity (Wildman–Crippen MR) is 69.6 cm³/mol. The molecular formula is C15H11F3N2O. The molecule has 21 heavy (non-hydrogen) atoms. The number of nitrogens with zero attached hydrogens (tertiary/aromatic N) is 2. The van der Waals surface area contributed by atoms with Crippen LogP contribution in [0.3, 0.4) is 0 Å². The third-order valence-corrected chi connectivity index (χ3v) is 2.81. The maximum Gasteiger partial charge on any atom is 0.420 e. The molecular weight excluding hydrogens is 281 g/mol. The molecule has 0 atom stereocenters. The van der Waals surface area contributed by atoms with Crippen molar-refractivity contribution in [2.75, 3.05) is 6.61 Å². The summed E-state index contributed by atoms with van der Waals surface area (Å²) in [6.07, 6.45) is -0.866. The first-order chi connectivity index (χ1) is 10.0. The Hall–Kier alpha value is -2.55. The Morgan fingerprint density at radius 1 is 1.14 bits per heavy atom. The summed E-state index contributed by atoms with van der Waals surface area (Å²) >= 11 is 0. The van der Waals surface area contributed by atoms with Crippen LogP contribution in [0.5, 0.6) is 5.75 Å². The molecule has 1 aromatic carbocycles. The highest BCUT2D eigenvalue weighted by Crippen LogP contribution is 2.36. The van der Waals surface area contributed by atoms with E-state index in [1.54, 1.807) is 30.6 Å². The van der Waals surface area contributed by atoms with E-state index in [4.69, 9.17) is 10.00 Å². The number of hydrogen-bond acceptors (Lipinski definition) is 3. The molecule has 0 fully saturated rings. The van der Waals surface area contributed by atoms with Gasteiger partial charge in [0.2, 0.25) is 0 Å². The zero-order chi connectivity index (χ0) is 15.3. The van der Waals surface area contributed by atoms with Gasteiger partial charge < -0.3 is 4.74 Å². The Kier molecular flexibility index (Phi) is 4.43. The molecule has 3 nitrogen and oxygen atoms in total. The fourth-order valence-corrected chi connectivity index (χ4v) is 1.78. The molecule has 0 aliphatic carbocycles. The Bertz CT molecular complexity index is 648. The van der Waals surface area contributed by atoms with E-state index in [0.717, 1.165) is 11.6 Å². The zero-order valence-electron chi connectivity index (χ0n) is 10.9. The molecule has 0 radical (unpaired) electrons. The third-order valence-electron chi connectivity index (χ3n) is 2.81. The normalized spacial score (nSPS) is 11.0. The van der Waals surface area contributed by atoms with Crippen molar-refractivity contribution in [1.82, 2.24) is 4.98 Å². The lowest BCUT2D eigenvalue weighted by molar-refractivity contribution is -0.138. The van der Waals surface area contributed by atoms with Crippen molar-refractivity contribution in [2.24, 2.45) is 0 Å². The Balaban J connectivity index is 2.11. The molecule has 0 saturated heterocycles. The van der Waals surface area contributed by atoms with Gasteiger partial charge >= 0.3 is 6.18 Å². The Morgan fingerprint density at radius 2 is 1.86 bits per heavy atom. The molecule has 0 aliphatic heterocycles. The largest absolute Gasteiger partial charge is 0.493 e. The van der Waals surface area contributed by atoms with E-state index < -0.39 is 11.7 Å². The second kappa shape index (κ2) is 6.27. The van der Waals surface area contributed by atoms with E-state index in [9.17, 15) is 13.2 Å². The summed E-state index contributed by atoms with van der Waals surface area (Å²) in [5.74, 6) is -0.268. The van der Waals surface area contributed by atoms with Crippen LogP contribution >= 0.6 is 0 Å². The third kappa shape index (κ3) is 3.96. The van der Waals surface area contributed by atoms with E-state index in [1.165, 1.54) is 12.1 Å². The highest BCUT2D eigenvalue weighted by molar-refractivity contribution is 5.43. The van der Waals surface area contributed by atoms with Crippen LogP contribution in [0.2, 0.25) is 0 Å². The van der Waals surface area contributed by atoms with Gasteiger partial charge in [0.25, 0.3) is 0 Å². The van der Waals surface area contributed by atoms with Gasteiger partial charge in [0, 0.05) is 18.8 Å². The second-order valence-electron chi connectivity index (χ2n) is 4.27. The minimum atomic E-state index is -4.56. The van der Waals surface area contributed by atoms with Gasteiger partial charge in [-0.25, -0.2) is 0 Å². The van der Waals surface area contributed by atoms with Gasteiger partial charge in [0.1, 0.15) is 5.75 Å². The van der Waals surface area contributed by atoms with Crippen LogP contribution in [0.15, 0.2) is 42.7 Å². The first-order valence-electron chi connectivity index (χ1n) is 6.14. The maximum absolute atomic E-state index is 12.9. The number of aromatic nitrogens is 1. The quantitative estimate of drug-likeness (QED) is 0.865. The van der Waals surface area contributed by atoms with E-state index in [0.29, 0.717) is 6.42 Å². The highest BCUT2D eigenvalue weighted by atomic mass is 19.4. The molecule has 6 heteroatoms. The van der Waals surface area contributed by atoms with Crippen molar-refractivity contribution >= 4 is 0 Å². The Labute approximate surface area is 119 Å². The summed E-state index contributed by atoms with van der Waals surface area (Å²) in [6.45, 7) is 0.110. The number of rotatable bonds is 4. The molecule has 2 aromatic rings. The summed E-state index contributed by atoms with van der Waals surface area (Å²) in [7, 11) is 0. The van der Waals surface area contributed by atoms with Crippen molar-refractivity contribution in [3.05, 3.63) is 59.4 Å². The van der Waals surface area contributed by atoms with E-state index in [2.05, 4.69) is 4.98 Å². The van der Waals surface area contributed by atoms with Gasteiger partial charge in [-0.3, -0.25) is 4.98 Å². The monoisotopic (exact) mass is 292 g/mol. The van der Waals surface area contributed by atoms with Crippen LogP contribution in [0.4, 0.5) is 13.2 Å². The predicted octanol–water partition coefficient (Wildman–Crippen LogP) is 3.59. The summed E-state index contributed by atoms with van der Waals surface area (Å²) < 4.78 is 44.0. The van der Waals surface area contributed by atoms with Gasteiger partial charge in [-0.15, -0.1) is 0 Å². The topological polar surface area (TPSA) is 45.9 Å². The molecule has 0 amide bonds. The fourth-order valence-electron chi connectivity index (χ4n) is 1.78. The molecule has 0 spiro atoms. The number of hydrogen-bond donors (Lipinski definition) is 0. The second-order valence-corrected chi connectivity index (χ2v) is 4.27. The van der Waals surface area contributed by atoms with E-state index in [-0.39, 0.29) is 17.9 Å². The first-order valence-corrected chi connectivity index (χ1v) is 6.14. The van der Waals surface area contributed by atoms with Crippen molar-refractivity contribution in [2.45, 2.75) is 12.6 Å². The van der Waals surface area contributed by atoms with E-state index in [1.807, 2.05) is 0 Å². The van der Waals surface area contributed by atoms with Crippen molar-refractivity contribution in [3.63, 3.8) is 0 Å². The minimum Gasteiger partial charge on any atom is -0.493 e. The van der Waals surface area contributed by atoms with Gasteiger partial charge in [-0.1, -0.05) is 0 Å². The van der Waals surface area contributed by atoms with Crippen molar-refractivity contribution in [1.29, 1.82) is 5.26 Å². The molecule has 108 valence electrons. The number of alkyl halides is 3.